The van der Waals surface area contributed by atoms with Crippen molar-refractivity contribution in [1.29, 1.82) is 0 Å². The maximum atomic E-state index is 12.2. The fraction of sp³-hybridized carbons (Fsp3) is 0.118. The zero-order chi connectivity index (χ0) is 21.0. The van der Waals surface area contributed by atoms with E-state index in [1.807, 2.05) is 0 Å². The summed E-state index contributed by atoms with van der Waals surface area (Å²) >= 11 is 14.3. The molecule has 0 atom stereocenters. The Hall–Kier alpha value is -2.40. The highest BCUT2D eigenvalue weighted by Crippen LogP contribution is 2.33. The number of anilines is 1. The van der Waals surface area contributed by atoms with Crippen molar-refractivity contribution in [1.82, 2.24) is 10.3 Å². The molecule has 3 N–H and O–H groups in total. The third kappa shape index (κ3) is 6.04. The van der Waals surface area contributed by atoms with Crippen LogP contribution in [0.4, 0.5) is 10.8 Å². The van der Waals surface area contributed by atoms with Crippen molar-refractivity contribution in [3.05, 3.63) is 44.2 Å². The number of benzene rings is 1. The molecule has 2 heterocycles. The van der Waals surface area contributed by atoms with Gasteiger partial charge in [-0.2, -0.15) is 0 Å². The van der Waals surface area contributed by atoms with Gasteiger partial charge in [0.1, 0.15) is 0 Å². The van der Waals surface area contributed by atoms with Crippen molar-refractivity contribution in [3.63, 3.8) is 0 Å². The molecule has 8 nitrogen and oxygen atoms in total. The lowest BCUT2D eigenvalue weighted by Crippen LogP contribution is -2.19. The van der Waals surface area contributed by atoms with Gasteiger partial charge in [-0.05, 0) is 36.0 Å². The van der Waals surface area contributed by atoms with Gasteiger partial charge in [-0.15, -0.1) is 0 Å². The molecule has 1 fully saturated rings. The molecule has 150 valence electrons. The van der Waals surface area contributed by atoms with Crippen molar-refractivity contribution in [2.45, 2.75) is 12.8 Å². The molecule has 2 amide bonds. The van der Waals surface area contributed by atoms with Gasteiger partial charge in [0.15, 0.2) is 10.3 Å². The summed E-state index contributed by atoms with van der Waals surface area (Å²) in [4.78, 5) is 43.7. The second-order valence-electron chi connectivity index (χ2n) is 5.59. The third-order valence-electron chi connectivity index (χ3n) is 3.39. The SMILES string of the molecule is O=C(O)CCC(=O)Nc1ncc(C=C2SC(=Nc3ccc(Cl)cc3Cl)NC2=O)s1. The number of thiazole rings is 1. The minimum atomic E-state index is -1.05. The average Bonchev–Trinajstić information content (AvgIpc) is 3.22. The van der Waals surface area contributed by atoms with Gasteiger partial charge in [0.05, 0.1) is 26.9 Å². The van der Waals surface area contributed by atoms with Crippen LogP contribution in [-0.2, 0) is 14.4 Å². The molecule has 1 saturated heterocycles. The normalized spacial score (nSPS) is 16.3. The van der Waals surface area contributed by atoms with E-state index in [-0.39, 0.29) is 18.7 Å². The molecule has 29 heavy (non-hydrogen) atoms. The Morgan fingerprint density at radius 1 is 1.31 bits per heavy atom. The molecule has 0 radical (unpaired) electrons. The summed E-state index contributed by atoms with van der Waals surface area (Å²) in [6.45, 7) is 0. The Kier molecular flexibility index (Phi) is 6.91. The molecule has 1 aliphatic heterocycles. The lowest BCUT2D eigenvalue weighted by molar-refractivity contribution is -0.138. The van der Waals surface area contributed by atoms with Gasteiger partial charge in [-0.1, -0.05) is 34.5 Å². The van der Waals surface area contributed by atoms with Crippen molar-refractivity contribution in [2.24, 2.45) is 4.99 Å². The van der Waals surface area contributed by atoms with Crippen LogP contribution in [0.1, 0.15) is 17.7 Å². The van der Waals surface area contributed by atoms with Gasteiger partial charge in [0.25, 0.3) is 5.91 Å². The van der Waals surface area contributed by atoms with Crippen LogP contribution in [0, 0.1) is 0 Å². The van der Waals surface area contributed by atoms with Gasteiger partial charge in [-0.25, -0.2) is 9.98 Å². The molecule has 0 bridgehead atoms. The molecule has 0 aliphatic carbocycles. The number of aliphatic imine (C=N–C) groups is 1. The van der Waals surface area contributed by atoms with Crippen molar-refractivity contribution in [2.75, 3.05) is 5.32 Å². The summed E-state index contributed by atoms with van der Waals surface area (Å²) in [6.07, 6.45) is 2.72. The van der Waals surface area contributed by atoms with Gasteiger partial charge in [0.2, 0.25) is 5.91 Å². The summed E-state index contributed by atoms with van der Waals surface area (Å²) in [5.41, 5.74) is 0.476. The maximum absolute atomic E-state index is 12.2. The standard InChI is InChI=1S/C17H12Cl2N4O4S2/c18-8-1-2-11(10(19)5-8)21-17-23-15(27)12(29-17)6-9-7-20-16(28-9)22-13(24)3-4-14(25)26/h1-2,5-7H,3-4H2,(H,25,26)(H,20,22,24)(H,21,23,27). The number of aromatic nitrogens is 1. The number of hydrogen-bond donors (Lipinski definition) is 3. The molecule has 1 aliphatic rings. The molecule has 3 rings (SSSR count). The Morgan fingerprint density at radius 3 is 2.83 bits per heavy atom. The first-order valence-electron chi connectivity index (χ1n) is 8.02. The molecule has 1 aromatic heterocycles. The van der Waals surface area contributed by atoms with Gasteiger partial charge in [0, 0.05) is 17.6 Å². The molecule has 0 unspecified atom stereocenters. The number of carbonyl (C=O) groups excluding carboxylic acids is 2. The smallest absolute Gasteiger partial charge is 0.303 e. The van der Waals surface area contributed by atoms with E-state index in [0.29, 0.717) is 35.8 Å². The summed E-state index contributed by atoms with van der Waals surface area (Å²) in [6, 6.07) is 4.85. The summed E-state index contributed by atoms with van der Waals surface area (Å²) in [5.74, 6) is -1.81. The Morgan fingerprint density at radius 2 is 2.10 bits per heavy atom. The van der Waals surface area contributed by atoms with Gasteiger partial charge < -0.3 is 15.7 Å². The average molecular weight is 471 g/mol. The Balaban J connectivity index is 1.67. The third-order valence-corrected chi connectivity index (χ3v) is 5.70. The molecular formula is C17H12Cl2N4O4S2. The van der Waals surface area contributed by atoms with Crippen LogP contribution in [0.2, 0.25) is 10.0 Å². The van der Waals surface area contributed by atoms with Crippen LogP contribution in [0.5, 0.6) is 0 Å². The highest BCUT2D eigenvalue weighted by Gasteiger charge is 2.24. The minimum absolute atomic E-state index is 0.142. The summed E-state index contributed by atoms with van der Waals surface area (Å²) < 4.78 is 0. The van der Waals surface area contributed by atoms with E-state index in [2.05, 4.69) is 20.6 Å². The monoisotopic (exact) mass is 470 g/mol. The molecule has 12 heteroatoms. The zero-order valence-electron chi connectivity index (χ0n) is 14.4. The molecular weight excluding hydrogens is 459 g/mol. The lowest BCUT2D eigenvalue weighted by Gasteiger charge is -1.99. The van der Waals surface area contributed by atoms with Crippen molar-refractivity contribution in [3.8, 4) is 0 Å². The predicted molar refractivity (Wildman–Crippen MR) is 115 cm³/mol. The second-order valence-corrected chi connectivity index (χ2v) is 8.52. The topological polar surface area (TPSA) is 121 Å². The number of amides is 2. The number of carbonyl (C=O) groups is 3. The van der Waals surface area contributed by atoms with Crippen LogP contribution in [0.25, 0.3) is 6.08 Å². The fourth-order valence-corrected chi connectivity index (χ4v) is 4.23. The summed E-state index contributed by atoms with van der Waals surface area (Å²) in [5, 5.41) is 15.3. The lowest BCUT2D eigenvalue weighted by atomic mass is 10.3. The van der Waals surface area contributed by atoms with E-state index in [1.54, 1.807) is 24.3 Å². The van der Waals surface area contributed by atoms with E-state index in [4.69, 9.17) is 28.3 Å². The number of aliphatic carboxylic acids is 1. The van der Waals surface area contributed by atoms with E-state index in [1.165, 1.54) is 6.20 Å². The quantitative estimate of drug-likeness (QED) is 0.545. The van der Waals surface area contributed by atoms with E-state index >= 15 is 0 Å². The first-order chi connectivity index (χ1) is 13.8. The fourth-order valence-electron chi connectivity index (χ4n) is 2.10. The van der Waals surface area contributed by atoms with Crippen molar-refractivity contribution < 1.29 is 19.5 Å². The highest BCUT2D eigenvalue weighted by atomic mass is 35.5. The number of rotatable bonds is 6. The van der Waals surface area contributed by atoms with Crippen LogP contribution >= 0.6 is 46.3 Å². The van der Waals surface area contributed by atoms with Gasteiger partial charge in [-0.3, -0.25) is 14.4 Å². The first kappa shape index (κ1) is 21.3. The van der Waals surface area contributed by atoms with Crippen molar-refractivity contribution >= 4 is 86.1 Å². The second kappa shape index (κ2) is 9.40. The largest absolute Gasteiger partial charge is 0.481 e. The number of carboxylic acids is 1. The molecule has 1 aromatic carbocycles. The molecule has 0 spiro atoms. The first-order valence-corrected chi connectivity index (χ1v) is 10.4. The van der Waals surface area contributed by atoms with E-state index in [0.717, 1.165) is 23.1 Å². The number of halogens is 2. The van der Waals surface area contributed by atoms with Crippen LogP contribution in [0.15, 0.2) is 34.3 Å². The van der Waals surface area contributed by atoms with E-state index in [9.17, 15) is 14.4 Å². The number of thioether (sulfide) groups is 1. The summed E-state index contributed by atoms with van der Waals surface area (Å²) in [7, 11) is 0. The van der Waals surface area contributed by atoms with Crippen LogP contribution < -0.4 is 10.6 Å². The Bertz CT molecular complexity index is 1050. The minimum Gasteiger partial charge on any atom is -0.481 e. The number of hydrogen-bond acceptors (Lipinski definition) is 7. The molecule has 2 aromatic rings. The molecule has 0 saturated carbocycles. The Labute approximate surface area is 183 Å². The zero-order valence-corrected chi connectivity index (χ0v) is 17.6. The van der Waals surface area contributed by atoms with Crippen LogP contribution in [-0.4, -0.2) is 33.0 Å². The highest BCUT2D eigenvalue weighted by molar-refractivity contribution is 8.18. The number of carboxylic acid groups (broad SMARTS) is 1. The predicted octanol–water partition coefficient (Wildman–Crippen LogP) is 4.14. The number of nitrogens with zero attached hydrogens (tertiary/aromatic N) is 2. The van der Waals surface area contributed by atoms with E-state index < -0.39 is 11.9 Å². The number of nitrogens with one attached hydrogen (secondary N) is 2. The number of amidine groups is 1. The van der Waals surface area contributed by atoms with Gasteiger partial charge >= 0.3 is 5.97 Å². The maximum Gasteiger partial charge on any atom is 0.303 e. The van der Waals surface area contributed by atoms with Crippen LogP contribution in [0.3, 0.4) is 0 Å².